The molecule has 1 heterocycles. The second-order valence-corrected chi connectivity index (χ2v) is 5.91. The number of hydrogen-bond donors (Lipinski definition) is 2. The molecule has 0 spiro atoms. The molecule has 0 amide bonds. The lowest BCUT2D eigenvalue weighted by Gasteiger charge is -2.11. The zero-order chi connectivity index (χ0) is 18.5. The van der Waals surface area contributed by atoms with E-state index in [9.17, 15) is 4.39 Å². The van der Waals surface area contributed by atoms with E-state index in [4.69, 9.17) is 9.15 Å². The third kappa shape index (κ3) is 8.16. The number of rotatable bonds is 11. The zero-order valence-corrected chi connectivity index (χ0v) is 15.3. The minimum atomic E-state index is -0.185. The van der Waals surface area contributed by atoms with Crippen LogP contribution in [-0.2, 0) is 17.8 Å². The van der Waals surface area contributed by atoms with Crippen LogP contribution < -0.4 is 10.6 Å². The van der Waals surface area contributed by atoms with E-state index in [0.29, 0.717) is 19.8 Å². The van der Waals surface area contributed by atoms with E-state index in [-0.39, 0.29) is 5.82 Å². The number of nitrogens with one attached hydrogen (secondary N) is 2. The van der Waals surface area contributed by atoms with Gasteiger partial charge < -0.3 is 19.8 Å². The Labute approximate surface area is 154 Å². The van der Waals surface area contributed by atoms with Gasteiger partial charge in [0.1, 0.15) is 18.2 Å². The van der Waals surface area contributed by atoms with Crippen molar-refractivity contribution in [3.05, 3.63) is 59.8 Å². The molecule has 0 aliphatic carbocycles. The summed E-state index contributed by atoms with van der Waals surface area (Å²) in [4.78, 5) is 4.55. The number of aryl methyl sites for hydroxylation is 1. The lowest BCUT2D eigenvalue weighted by Crippen LogP contribution is -2.38. The van der Waals surface area contributed by atoms with Gasteiger partial charge in [-0.05, 0) is 56.0 Å². The number of furan rings is 1. The number of ether oxygens (including phenoxy) is 1. The second-order valence-electron chi connectivity index (χ2n) is 5.91. The molecule has 2 rings (SSSR count). The molecular weight excluding hydrogens is 333 g/mol. The standard InChI is InChI=1S/C20H28FN3O2/c1-2-22-20(23-11-4-8-17-7-3-9-18(21)15-17)24-12-6-13-25-16-19-10-5-14-26-19/h3,5,7,9-10,14-15H,2,4,6,8,11-13,16H2,1H3,(H2,22,23,24). The van der Waals surface area contributed by atoms with Gasteiger partial charge >= 0.3 is 0 Å². The maximum atomic E-state index is 13.1. The van der Waals surface area contributed by atoms with Gasteiger partial charge in [-0.25, -0.2) is 4.39 Å². The van der Waals surface area contributed by atoms with E-state index in [1.165, 1.54) is 6.07 Å². The first kappa shape index (κ1) is 20.0. The predicted molar refractivity (Wildman–Crippen MR) is 102 cm³/mol. The van der Waals surface area contributed by atoms with Gasteiger partial charge in [-0.1, -0.05) is 12.1 Å². The molecule has 0 unspecified atom stereocenters. The number of benzene rings is 1. The number of aliphatic imine (C=N–C) groups is 1. The fourth-order valence-electron chi connectivity index (χ4n) is 2.46. The van der Waals surface area contributed by atoms with Crippen molar-refractivity contribution >= 4 is 5.96 Å². The summed E-state index contributed by atoms with van der Waals surface area (Å²) < 4.78 is 23.9. The first-order valence-electron chi connectivity index (χ1n) is 9.14. The fraction of sp³-hybridized carbons (Fsp3) is 0.450. The lowest BCUT2D eigenvalue weighted by atomic mass is 10.1. The first-order chi connectivity index (χ1) is 12.8. The molecule has 0 saturated carbocycles. The molecule has 0 aliphatic rings. The molecular formula is C20H28FN3O2. The predicted octanol–water partition coefficient (Wildman–Crippen LogP) is 3.51. The highest BCUT2D eigenvalue weighted by Crippen LogP contribution is 2.06. The van der Waals surface area contributed by atoms with E-state index >= 15 is 0 Å². The highest BCUT2D eigenvalue weighted by Gasteiger charge is 1.99. The molecule has 2 aromatic rings. The van der Waals surface area contributed by atoms with Gasteiger partial charge in [0.05, 0.1) is 6.26 Å². The third-order valence-electron chi connectivity index (χ3n) is 3.71. The fourth-order valence-corrected chi connectivity index (χ4v) is 2.46. The molecule has 26 heavy (non-hydrogen) atoms. The van der Waals surface area contributed by atoms with Crippen molar-refractivity contribution in [2.45, 2.75) is 32.8 Å². The maximum Gasteiger partial charge on any atom is 0.191 e. The van der Waals surface area contributed by atoms with Crippen molar-refractivity contribution in [2.24, 2.45) is 4.99 Å². The van der Waals surface area contributed by atoms with Crippen molar-refractivity contribution in [3.8, 4) is 0 Å². The van der Waals surface area contributed by atoms with Crippen LogP contribution in [0.2, 0.25) is 0 Å². The molecule has 6 heteroatoms. The highest BCUT2D eigenvalue weighted by molar-refractivity contribution is 5.79. The van der Waals surface area contributed by atoms with Crippen molar-refractivity contribution in [3.63, 3.8) is 0 Å². The van der Waals surface area contributed by atoms with E-state index in [2.05, 4.69) is 15.6 Å². The van der Waals surface area contributed by atoms with Crippen LogP contribution in [0.1, 0.15) is 31.1 Å². The van der Waals surface area contributed by atoms with Gasteiger partial charge in [0.15, 0.2) is 5.96 Å². The van der Waals surface area contributed by atoms with Crippen molar-refractivity contribution in [1.82, 2.24) is 10.6 Å². The Hall–Kier alpha value is -2.34. The summed E-state index contributed by atoms with van der Waals surface area (Å²) in [7, 11) is 0. The van der Waals surface area contributed by atoms with Crippen molar-refractivity contribution < 1.29 is 13.5 Å². The van der Waals surface area contributed by atoms with E-state index < -0.39 is 0 Å². The van der Waals surface area contributed by atoms with Crippen LogP contribution in [0.15, 0.2) is 52.1 Å². The number of nitrogens with zero attached hydrogens (tertiary/aromatic N) is 1. The number of halogens is 1. The van der Waals surface area contributed by atoms with Gasteiger partial charge in [-0.15, -0.1) is 0 Å². The Morgan fingerprint density at radius 3 is 2.88 bits per heavy atom. The van der Waals surface area contributed by atoms with Crippen molar-refractivity contribution in [2.75, 3.05) is 26.2 Å². The zero-order valence-electron chi connectivity index (χ0n) is 15.3. The SMILES string of the molecule is CCNC(=NCCCc1cccc(F)c1)NCCCOCc1ccco1. The molecule has 2 N–H and O–H groups in total. The minimum Gasteiger partial charge on any atom is -0.467 e. The van der Waals surface area contributed by atoms with Gasteiger partial charge in [0, 0.05) is 26.2 Å². The molecule has 1 aromatic carbocycles. The molecule has 5 nitrogen and oxygen atoms in total. The van der Waals surface area contributed by atoms with Crippen LogP contribution in [0, 0.1) is 5.82 Å². The summed E-state index contributed by atoms with van der Waals surface area (Å²) in [5.41, 5.74) is 1.01. The second kappa shape index (κ2) is 12.1. The average molecular weight is 361 g/mol. The van der Waals surface area contributed by atoms with Crippen LogP contribution in [0.5, 0.6) is 0 Å². The Bertz CT molecular complexity index is 644. The molecule has 0 atom stereocenters. The van der Waals surface area contributed by atoms with E-state index in [1.807, 2.05) is 25.1 Å². The first-order valence-corrected chi connectivity index (χ1v) is 9.14. The van der Waals surface area contributed by atoms with Crippen LogP contribution in [0.4, 0.5) is 4.39 Å². The molecule has 0 bridgehead atoms. The summed E-state index contributed by atoms with van der Waals surface area (Å²) >= 11 is 0. The molecule has 0 fully saturated rings. The number of hydrogen-bond acceptors (Lipinski definition) is 3. The van der Waals surface area contributed by atoms with Crippen LogP contribution in [0.25, 0.3) is 0 Å². The Balaban J connectivity index is 1.59. The van der Waals surface area contributed by atoms with Crippen molar-refractivity contribution in [1.29, 1.82) is 0 Å². The summed E-state index contributed by atoms with van der Waals surface area (Å²) in [5.74, 6) is 1.46. The normalized spacial score (nSPS) is 11.5. The van der Waals surface area contributed by atoms with Crippen LogP contribution >= 0.6 is 0 Å². The summed E-state index contributed by atoms with van der Waals surface area (Å²) in [6.07, 6.45) is 4.23. The largest absolute Gasteiger partial charge is 0.467 e. The lowest BCUT2D eigenvalue weighted by molar-refractivity contribution is 0.105. The third-order valence-corrected chi connectivity index (χ3v) is 3.71. The smallest absolute Gasteiger partial charge is 0.191 e. The van der Waals surface area contributed by atoms with E-state index in [0.717, 1.165) is 49.6 Å². The highest BCUT2D eigenvalue weighted by atomic mass is 19.1. The summed E-state index contributed by atoms with van der Waals surface area (Å²) in [6, 6.07) is 10.5. The molecule has 142 valence electrons. The quantitative estimate of drug-likeness (QED) is 0.365. The Kier molecular flexibility index (Phi) is 9.29. The molecule has 0 saturated heterocycles. The topological polar surface area (TPSA) is 58.8 Å². The van der Waals surface area contributed by atoms with Gasteiger partial charge in [-0.2, -0.15) is 0 Å². The summed E-state index contributed by atoms with van der Waals surface area (Å²) in [5, 5.41) is 6.52. The Morgan fingerprint density at radius 1 is 1.19 bits per heavy atom. The van der Waals surface area contributed by atoms with Gasteiger partial charge in [0.2, 0.25) is 0 Å². The van der Waals surface area contributed by atoms with E-state index in [1.54, 1.807) is 18.4 Å². The van der Waals surface area contributed by atoms with Gasteiger partial charge in [0.25, 0.3) is 0 Å². The average Bonchev–Trinajstić information content (AvgIpc) is 3.15. The summed E-state index contributed by atoms with van der Waals surface area (Å²) in [6.45, 7) is 5.49. The number of guanidine groups is 1. The Morgan fingerprint density at radius 2 is 2.12 bits per heavy atom. The minimum absolute atomic E-state index is 0.185. The monoisotopic (exact) mass is 361 g/mol. The van der Waals surface area contributed by atoms with Crippen LogP contribution in [0.3, 0.4) is 0 Å². The molecule has 1 aromatic heterocycles. The molecule has 0 aliphatic heterocycles. The van der Waals surface area contributed by atoms with Gasteiger partial charge in [-0.3, -0.25) is 4.99 Å². The molecule has 0 radical (unpaired) electrons. The maximum absolute atomic E-state index is 13.1. The van der Waals surface area contributed by atoms with Crippen LogP contribution in [-0.4, -0.2) is 32.2 Å².